The lowest BCUT2D eigenvalue weighted by molar-refractivity contribution is -0.134. The zero-order chi connectivity index (χ0) is 14.7. The number of nitrogens with zero attached hydrogens (tertiary/aromatic N) is 1. The molecular formula is C15H20F2N2O. The summed E-state index contributed by atoms with van der Waals surface area (Å²) in [4.78, 5) is 14.1. The van der Waals surface area contributed by atoms with E-state index in [0.717, 1.165) is 25.0 Å². The van der Waals surface area contributed by atoms with Gasteiger partial charge in [-0.05, 0) is 49.9 Å². The van der Waals surface area contributed by atoms with Crippen molar-refractivity contribution in [3.8, 4) is 0 Å². The number of carbonyl (C=O) groups excluding carboxylic acids is 1. The predicted octanol–water partition coefficient (Wildman–Crippen LogP) is 2.09. The lowest BCUT2D eigenvalue weighted by Crippen LogP contribution is -2.47. The Labute approximate surface area is 117 Å². The van der Waals surface area contributed by atoms with E-state index in [2.05, 4.69) is 0 Å². The molecule has 5 heteroatoms. The summed E-state index contributed by atoms with van der Waals surface area (Å²) >= 11 is 0. The molecule has 1 aliphatic heterocycles. The second kappa shape index (κ2) is 6.31. The van der Waals surface area contributed by atoms with E-state index >= 15 is 0 Å². The molecule has 1 aromatic carbocycles. The molecule has 0 saturated carbocycles. The summed E-state index contributed by atoms with van der Waals surface area (Å²) in [5.41, 5.74) is 6.17. The first-order valence-corrected chi connectivity index (χ1v) is 6.94. The molecule has 3 nitrogen and oxygen atoms in total. The van der Waals surface area contributed by atoms with Crippen molar-refractivity contribution in [1.82, 2.24) is 4.90 Å². The molecule has 2 atom stereocenters. The van der Waals surface area contributed by atoms with Gasteiger partial charge >= 0.3 is 0 Å². The van der Waals surface area contributed by atoms with Crippen LogP contribution in [0.25, 0.3) is 0 Å². The zero-order valence-corrected chi connectivity index (χ0v) is 11.6. The fraction of sp³-hybridized carbons (Fsp3) is 0.533. The van der Waals surface area contributed by atoms with E-state index in [1.54, 1.807) is 0 Å². The van der Waals surface area contributed by atoms with Crippen LogP contribution in [0.3, 0.4) is 0 Å². The van der Waals surface area contributed by atoms with E-state index in [-0.39, 0.29) is 18.4 Å². The Balaban J connectivity index is 2.04. The largest absolute Gasteiger partial charge is 0.339 e. The number of carbonyl (C=O) groups is 1. The number of benzene rings is 1. The number of likely N-dealkylation sites (tertiary alicyclic amines) is 1. The molecule has 1 aromatic rings. The minimum Gasteiger partial charge on any atom is -0.339 e. The van der Waals surface area contributed by atoms with E-state index in [4.69, 9.17) is 5.73 Å². The first kappa shape index (κ1) is 14.9. The number of hydrogen-bond acceptors (Lipinski definition) is 2. The van der Waals surface area contributed by atoms with Crippen LogP contribution in [0.1, 0.15) is 25.3 Å². The molecule has 2 unspecified atom stereocenters. The fourth-order valence-corrected chi connectivity index (χ4v) is 2.65. The van der Waals surface area contributed by atoms with Gasteiger partial charge in [-0.15, -0.1) is 0 Å². The third-order valence-electron chi connectivity index (χ3n) is 3.97. The van der Waals surface area contributed by atoms with Crippen LogP contribution in [0.5, 0.6) is 0 Å². The summed E-state index contributed by atoms with van der Waals surface area (Å²) in [7, 11) is 0. The van der Waals surface area contributed by atoms with Crippen LogP contribution >= 0.6 is 0 Å². The summed E-state index contributed by atoms with van der Waals surface area (Å²) < 4.78 is 26.0. The Bertz CT molecular complexity index is 493. The minimum absolute atomic E-state index is 0.0540. The standard InChI is InChI=1S/C15H20F2N2O/c1-10-2-3-12(8-18)9-19(10)15(20)7-11-4-5-13(16)14(17)6-11/h4-6,10,12H,2-3,7-9,18H2,1H3. The van der Waals surface area contributed by atoms with Crippen LogP contribution in [-0.2, 0) is 11.2 Å². The summed E-state index contributed by atoms with van der Waals surface area (Å²) in [6.07, 6.45) is 2.07. The van der Waals surface area contributed by atoms with Gasteiger partial charge in [-0.1, -0.05) is 6.07 Å². The molecule has 1 saturated heterocycles. The van der Waals surface area contributed by atoms with E-state index in [1.165, 1.54) is 6.07 Å². The summed E-state index contributed by atoms with van der Waals surface area (Å²) in [5.74, 6) is -1.53. The van der Waals surface area contributed by atoms with Crippen LogP contribution in [0.2, 0.25) is 0 Å². The molecule has 0 aromatic heterocycles. The molecule has 2 rings (SSSR count). The smallest absolute Gasteiger partial charge is 0.227 e. The maximum atomic E-state index is 13.1. The van der Waals surface area contributed by atoms with Gasteiger partial charge in [-0.3, -0.25) is 4.79 Å². The molecule has 20 heavy (non-hydrogen) atoms. The van der Waals surface area contributed by atoms with E-state index in [0.29, 0.717) is 24.6 Å². The van der Waals surface area contributed by atoms with Crippen LogP contribution in [-0.4, -0.2) is 29.9 Å². The first-order chi connectivity index (χ1) is 9.51. The monoisotopic (exact) mass is 282 g/mol. The number of amides is 1. The Hall–Kier alpha value is -1.49. The van der Waals surface area contributed by atoms with E-state index in [9.17, 15) is 13.6 Å². The van der Waals surface area contributed by atoms with E-state index < -0.39 is 11.6 Å². The normalized spacial score (nSPS) is 22.9. The number of halogens is 2. The number of nitrogens with two attached hydrogens (primary N) is 1. The quantitative estimate of drug-likeness (QED) is 0.922. The highest BCUT2D eigenvalue weighted by Gasteiger charge is 2.28. The Kier molecular flexibility index (Phi) is 4.70. The van der Waals surface area contributed by atoms with Crippen LogP contribution in [0, 0.1) is 17.6 Å². The molecular weight excluding hydrogens is 262 g/mol. The number of piperidine rings is 1. The van der Waals surface area contributed by atoms with Gasteiger partial charge < -0.3 is 10.6 Å². The van der Waals surface area contributed by atoms with Crippen LogP contribution in [0.15, 0.2) is 18.2 Å². The number of rotatable bonds is 3. The van der Waals surface area contributed by atoms with Crippen molar-refractivity contribution in [3.05, 3.63) is 35.4 Å². The van der Waals surface area contributed by atoms with Crippen molar-refractivity contribution in [1.29, 1.82) is 0 Å². The van der Waals surface area contributed by atoms with Crippen molar-refractivity contribution in [2.45, 2.75) is 32.2 Å². The molecule has 110 valence electrons. The van der Waals surface area contributed by atoms with Crippen molar-refractivity contribution in [3.63, 3.8) is 0 Å². The number of hydrogen-bond donors (Lipinski definition) is 1. The van der Waals surface area contributed by atoms with Gasteiger partial charge in [0.05, 0.1) is 6.42 Å². The predicted molar refractivity (Wildman–Crippen MR) is 73.0 cm³/mol. The highest BCUT2D eigenvalue weighted by atomic mass is 19.2. The molecule has 1 fully saturated rings. The lowest BCUT2D eigenvalue weighted by atomic mass is 9.93. The lowest BCUT2D eigenvalue weighted by Gasteiger charge is -2.37. The van der Waals surface area contributed by atoms with Crippen molar-refractivity contribution in [2.75, 3.05) is 13.1 Å². The molecule has 0 aliphatic carbocycles. The van der Waals surface area contributed by atoms with Gasteiger partial charge in [0.2, 0.25) is 5.91 Å². The van der Waals surface area contributed by atoms with E-state index in [1.807, 2.05) is 11.8 Å². The van der Waals surface area contributed by atoms with Gasteiger partial charge in [0.1, 0.15) is 0 Å². The van der Waals surface area contributed by atoms with Gasteiger partial charge in [-0.2, -0.15) is 0 Å². The van der Waals surface area contributed by atoms with Gasteiger partial charge in [-0.25, -0.2) is 8.78 Å². The van der Waals surface area contributed by atoms with Crippen LogP contribution < -0.4 is 5.73 Å². The highest BCUT2D eigenvalue weighted by Crippen LogP contribution is 2.22. The molecule has 0 spiro atoms. The SMILES string of the molecule is CC1CCC(CN)CN1C(=O)Cc1ccc(F)c(F)c1. The molecule has 2 N–H and O–H groups in total. The molecule has 1 amide bonds. The van der Waals surface area contributed by atoms with Gasteiger partial charge in [0.25, 0.3) is 0 Å². The summed E-state index contributed by atoms with van der Waals surface area (Å²) in [6.45, 7) is 3.23. The fourth-order valence-electron chi connectivity index (χ4n) is 2.65. The van der Waals surface area contributed by atoms with Crippen LogP contribution in [0.4, 0.5) is 8.78 Å². The van der Waals surface area contributed by atoms with Crippen molar-refractivity contribution >= 4 is 5.91 Å². The zero-order valence-electron chi connectivity index (χ0n) is 11.6. The summed E-state index contributed by atoms with van der Waals surface area (Å²) in [6, 6.07) is 3.77. The van der Waals surface area contributed by atoms with Crippen molar-refractivity contribution < 1.29 is 13.6 Å². The van der Waals surface area contributed by atoms with Crippen molar-refractivity contribution in [2.24, 2.45) is 11.7 Å². The topological polar surface area (TPSA) is 46.3 Å². The maximum absolute atomic E-state index is 13.1. The summed E-state index contributed by atoms with van der Waals surface area (Å²) in [5, 5.41) is 0. The highest BCUT2D eigenvalue weighted by molar-refractivity contribution is 5.79. The average Bonchev–Trinajstić information content (AvgIpc) is 2.43. The molecule has 1 heterocycles. The Morgan fingerprint density at radius 1 is 1.35 bits per heavy atom. The first-order valence-electron chi connectivity index (χ1n) is 6.94. The second-order valence-electron chi connectivity index (χ2n) is 5.50. The minimum atomic E-state index is -0.915. The maximum Gasteiger partial charge on any atom is 0.227 e. The third-order valence-corrected chi connectivity index (χ3v) is 3.97. The Morgan fingerprint density at radius 3 is 2.75 bits per heavy atom. The van der Waals surface area contributed by atoms with Gasteiger partial charge in [0, 0.05) is 12.6 Å². The molecule has 1 aliphatic rings. The second-order valence-corrected chi connectivity index (χ2v) is 5.50. The average molecular weight is 282 g/mol. The molecule has 0 radical (unpaired) electrons. The third kappa shape index (κ3) is 3.33. The van der Waals surface area contributed by atoms with Gasteiger partial charge in [0.15, 0.2) is 11.6 Å². The molecule has 0 bridgehead atoms. The Morgan fingerprint density at radius 2 is 2.10 bits per heavy atom.